The Morgan fingerprint density at radius 2 is 0.333 bits per heavy atom. The van der Waals surface area contributed by atoms with Gasteiger partial charge in [0.05, 0.1) is 73.9 Å². The van der Waals surface area contributed by atoms with Crippen molar-refractivity contribution in [2.45, 2.75) is 83.1 Å². The fourth-order valence-electron chi connectivity index (χ4n) is 3.00. The van der Waals surface area contributed by atoms with Crippen LogP contribution in [-0.2, 0) is 128 Å². The van der Waals surface area contributed by atoms with Gasteiger partial charge in [0.25, 0.3) is 0 Å². The molecule has 0 unspecified atom stereocenters. The van der Waals surface area contributed by atoms with Crippen LogP contribution in [0.1, 0.15) is 83.1 Å². The van der Waals surface area contributed by atoms with E-state index in [1.165, 1.54) is 73.9 Å². The van der Waals surface area contributed by atoms with Gasteiger partial charge in [0.15, 0.2) is 0 Å². The third-order valence-electron chi connectivity index (χ3n) is 6.00. The van der Waals surface area contributed by atoms with Crippen LogP contribution in [0.25, 0.3) is 0 Å². The van der Waals surface area contributed by atoms with Crippen LogP contribution in [0.15, 0.2) is 0 Å². The van der Waals surface area contributed by atoms with Crippen molar-refractivity contribution in [1.82, 2.24) is 0 Å². The van der Waals surface area contributed by atoms with Crippen LogP contribution >= 0.6 is 31.7 Å². The largest absolute Gasteiger partial charge is 1.00 e. The Hall–Kier alpha value is 5.42. The second-order valence-corrected chi connectivity index (χ2v) is 21.7. The Morgan fingerprint density at radius 3 is 0.333 bits per heavy atom. The summed E-state index contributed by atoms with van der Waals surface area (Å²) in [4.78, 5) is 0. The first-order valence-corrected chi connectivity index (χ1v) is 21.2. The molecule has 0 aliphatic rings. The summed E-state index contributed by atoms with van der Waals surface area (Å²) < 4.78 is 0. The number of hydrogen-bond donors (Lipinski definition) is 0. The molecule has 0 bridgehead atoms. The molecule has 0 nitrogen and oxygen atoms in total. The summed E-state index contributed by atoms with van der Waals surface area (Å²) in [6.45, 7) is 27.7. The van der Waals surface area contributed by atoms with Gasteiger partial charge >= 0.3 is 17.1 Å². The van der Waals surface area contributed by atoms with E-state index in [0.29, 0.717) is 0 Å². The van der Waals surface area contributed by atoms with E-state index in [4.69, 9.17) is 0 Å². The van der Waals surface area contributed by atoms with Crippen LogP contribution in [0.3, 0.4) is 0 Å². The van der Waals surface area contributed by atoms with Gasteiger partial charge in [-0.05, 0) is 115 Å². The van der Waals surface area contributed by atoms with Gasteiger partial charge in [-0.1, -0.05) is 0 Å². The molecule has 0 aliphatic carbocycles. The molecule has 0 N–H and O–H groups in total. The van der Waals surface area contributed by atoms with Gasteiger partial charge in [0.1, 0.15) is 0 Å². The number of thiol groups is 4. The van der Waals surface area contributed by atoms with E-state index in [1.807, 2.05) is 0 Å². The number of rotatable bonds is 12. The maximum absolute atomic E-state index is 2.31. The molecule has 0 spiro atoms. The van der Waals surface area contributed by atoms with Crippen molar-refractivity contribution < 1.29 is 73.6 Å². The van der Waals surface area contributed by atoms with Crippen molar-refractivity contribution in [2.24, 2.45) is 0 Å². The van der Waals surface area contributed by atoms with E-state index in [-0.39, 0.29) is 159 Å². The van der Waals surface area contributed by atoms with E-state index >= 15 is 0 Å². The fourth-order valence-corrected chi connectivity index (χ4v) is 9.00. The van der Waals surface area contributed by atoms with Crippen LogP contribution < -0.4 is 0 Å². The fraction of sp³-hybridized carbons (Fsp3) is 1.00. The van der Waals surface area contributed by atoms with Gasteiger partial charge in [-0.15, -0.1) is 0 Å². The molecule has 12 heteroatoms. The molecule has 0 saturated carbocycles. The minimum absolute atomic E-state index is 0. The summed E-state index contributed by atoms with van der Waals surface area (Å²) >= 11 is 0. The average Bonchev–Trinajstić information content (AvgIpc) is 2.75. The average molecular weight is 893 g/mol. The molecule has 0 aliphatic heterocycles. The summed E-state index contributed by atoms with van der Waals surface area (Å²) in [5, 5.41) is 0. The molecule has 0 rings (SSSR count). The summed E-state index contributed by atoms with van der Waals surface area (Å²) in [6, 6.07) is 0. The van der Waals surface area contributed by atoms with Crippen LogP contribution in [0, 0.1) is 0 Å². The topological polar surface area (TPSA) is 0 Å². The minimum Gasteiger partial charge on any atom is -0.813 e. The predicted octanol–water partition coefficient (Wildman–Crippen LogP) is 7.95. The van der Waals surface area contributed by atoms with E-state index < -0.39 is 0 Å². The summed E-state index contributed by atoms with van der Waals surface area (Å²) in [7, 11) is 0.549. The smallest absolute Gasteiger partial charge is 0.813 e. The molecule has 36 heavy (non-hydrogen) atoms. The molecule has 245 valence electrons. The van der Waals surface area contributed by atoms with Crippen molar-refractivity contribution >= 4 is 85.7 Å². The van der Waals surface area contributed by atoms with Gasteiger partial charge in [-0.3, -0.25) is 0 Å². The molecule has 0 fully saturated rings. The first kappa shape index (κ1) is 78.2. The zero-order valence-electron chi connectivity index (χ0n) is 25.6. The van der Waals surface area contributed by atoms with Crippen LogP contribution in [-0.4, -0.2) is 73.9 Å². The monoisotopic (exact) mass is 890 g/mol. The Morgan fingerprint density at radius 1 is 0.278 bits per heavy atom. The Bertz CT molecular complexity index is 189. The summed E-state index contributed by atoms with van der Waals surface area (Å²) in [5.74, 6) is 0. The van der Waals surface area contributed by atoms with E-state index in [0.717, 1.165) is 0 Å². The van der Waals surface area contributed by atoms with Crippen LogP contribution in [0.2, 0.25) is 0 Å². The zero-order chi connectivity index (χ0) is 22.8. The molecule has 0 aromatic rings. The molecule has 0 aromatic carbocycles. The SMILES string of the molecule is CC[PH+](CC)CC.CC[PH+](CC)CC.CC[PH+](CC)CC.CC[PH+](CC)CC.[Cu+].[Cu].[Cu].[Nb].[SH-].[SH-].[SH-].[SH-]. The second kappa shape index (κ2) is 72.6. The van der Waals surface area contributed by atoms with Crippen molar-refractivity contribution in [2.75, 3.05) is 73.9 Å². The van der Waals surface area contributed by atoms with Crippen molar-refractivity contribution in [3.63, 3.8) is 0 Å². The van der Waals surface area contributed by atoms with Gasteiger partial charge in [-0.25, -0.2) is 0 Å². The standard InChI is InChI=1S/4C6H15P.3Cu.Nb.4H2S/c4*1-4-7(5-2)6-3;;;;;;;;/h4*4-6H2,1-3H3;;;;;4*1H2/q;;;;;;+1;;;;;. The van der Waals surface area contributed by atoms with Gasteiger partial charge in [0, 0.05) is 56.5 Å². The molecule has 0 aromatic heterocycles. The second-order valence-electron chi connectivity index (χ2n) is 7.24. The van der Waals surface area contributed by atoms with E-state index in [9.17, 15) is 0 Å². The Kier molecular flexibility index (Phi) is 158. The van der Waals surface area contributed by atoms with Crippen LogP contribution in [0.4, 0.5) is 0 Å². The maximum atomic E-state index is 2.31. The van der Waals surface area contributed by atoms with Gasteiger partial charge in [-0.2, -0.15) is 0 Å². The maximum Gasteiger partial charge on any atom is 1.00 e. The molecule has 0 heterocycles. The minimum atomic E-state index is 0. The zero-order valence-corrected chi connectivity index (χ0v) is 38.2. The third kappa shape index (κ3) is 67.2. The van der Waals surface area contributed by atoms with Gasteiger partial charge < -0.3 is 54.0 Å². The third-order valence-corrected chi connectivity index (χ3v) is 18.0. The normalized spacial score (nSPS) is 8.00. The van der Waals surface area contributed by atoms with Crippen molar-refractivity contribution in [3.05, 3.63) is 0 Å². The first-order chi connectivity index (χ1) is 13.4. The molecule has 0 atom stereocenters. The molecule has 0 saturated heterocycles. The van der Waals surface area contributed by atoms with Gasteiger partial charge in [0.2, 0.25) is 0 Å². The quantitative estimate of drug-likeness (QED) is 0.0845. The molecule has 0 amide bonds. The predicted molar refractivity (Wildman–Crippen MR) is 195 cm³/mol. The summed E-state index contributed by atoms with van der Waals surface area (Å²) in [6.07, 6.45) is 17.5. The van der Waals surface area contributed by atoms with E-state index in [1.54, 1.807) is 0 Å². The van der Waals surface area contributed by atoms with Crippen LogP contribution in [0.5, 0.6) is 0 Å². The Labute approximate surface area is 312 Å². The first-order valence-electron chi connectivity index (χ1n) is 12.7. The molecular formula is C24H68Cu3NbP4S4+. The van der Waals surface area contributed by atoms with E-state index in [2.05, 4.69) is 83.1 Å². The molecular weight excluding hydrogens is 824 g/mol. The molecule has 3 radical (unpaired) electrons. The van der Waals surface area contributed by atoms with Crippen molar-refractivity contribution in [1.29, 1.82) is 0 Å². The van der Waals surface area contributed by atoms with Crippen molar-refractivity contribution in [3.8, 4) is 0 Å². The Balaban J connectivity index is -0.0000000199. The summed E-state index contributed by atoms with van der Waals surface area (Å²) in [5.41, 5.74) is 0. The number of hydrogen-bond acceptors (Lipinski definition) is 4.